The molecule has 0 spiro atoms. The molecule has 0 aliphatic heterocycles. The van der Waals surface area contributed by atoms with Crippen LogP contribution in [0.25, 0.3) is 121 Å². The molecule has 0 fully saturated rings. The van der Waals surface area contributed by atoms with E-state index in [1.165, 1.54) is 132 Å². The zero-order valence-corrected chi connectivity index (χ0v) is 32.1. The van der Waals surface area contributed by atoms with Crippen molar-refractivity contribution in [1.29, 1.82) is 0 Å². The molecule has 0 amide bonds. The van der Waals surface area contributed by atoms with Crippen LogP contribution in [0.4, 0.5) is 0 Å². The Bertz CT molecular complexity index is 3190. The average molecular weight is 723 g/mol. The molecule has 0 unspecified atom stereocenters. The van der Waals surface area contributed by atoms with Gasteiger partial charge in [0.25, 0.3) is 0 Å². The zero-order valence-electron chi connectivity index (χ0n) is 32.1. The second kappa shape index (κ2) is 11.2. The molecule has 0 N–H and O–H groups in total. The molecule has 3 aliphatic rings. The lowest BCUT2D eigenvalue weighted by molar-refractivity contribution is 0.491. The largest absolute Gasteiger partial charge is 0.0642 e. The van der Waals surface area contributed by atoms with Crippen LogP contribution >= 0.6 is 0 Å². The number of rotatable bonds is 4. The van der Waals surface area contributed by atoms with Crippen molar-refractivity contribution in [2.24, 2.45) is 0 Å². The molecule has 0 radical (unpaired) electrons. The highest BCUT2D eigenvalue weighted by molar-refractivity contribution is 6.22. The quantitative estimate of drug-likeness (QED) is 0.170. The Morgan fingerprint density at radius 1 is 0.281 bits per heavy atom. The predicted molar refractivity (Wildman–Crippen MR) is 243 cm³/mol. The lowest BCUT2D eigenvalue weighted by Crippen LogP contribution is -2.23. The van der Waals surface area contributed by atoms with Crippen molar-refractivity contribution in [2.45, 2.75) is 32.1 Å². The normalized spacial score (nSPS) is 13.7. The van der Waals surface area contributed by atoms with Crippen molar-refractivity contribution >= 4 is 43.1 Å². The lowest BCUT2D eigenvalue weighted by Gasteiger charge is -2.30. The summed E-state index contributed by atoms with van der Waals surface area (Å²) >= 11 is 0. The van der Waals surface area contributed by atoms with Crippen molar-refractivity contribution in [3.8, 4) is 77.9 Å². The van der Waals surface area contributed by atoms with Crippen LogP contribution in [0.15, 0.2) is 170 Å². The van der Waals surface area contributed by atoms with Crippen LogP contribution in [0.3, 0.4) is 0 Å². The summed E-state index contributed by atoms with van der Waals surface area (Å²) in [5.74, 6) is 0. The third kappa shape index (κ3) is 3.93. The smallest absolute Gasteiger partial charge is 0.0210 e. The van der Waals surface area contributed by atoms with E-state index in [1.807, 2.05) is 0 Å². The Balaban J connectivity index is 1.01. The first-order valence-electron chi connectivity index (χ1n) is 20.6. The second-order valence-electron chi connectivity index (χ2n) is 16.5. The maximum absolute atomic E-state index is 2.60. The summed E-state index contributed by atoms with van der Waals surface area (Å²) in [5, 5.41) is 10.6. The fourth-order valence-electron chi connectivity index (χ4n) is 11.6. The molecule has 0 saturated heterocycles. The van der Waals surface area contributed by atoms with E-state index in [-0.39, 0.29) is 5.41 Å². The summed E-state index contributed by atoms with van der Waals surface area (Å²) in [6.45, 7) is 4.81. The molecule has 3 aliphatic carbocycles. The number of hydrogen-bond acceptors (Lipinski definition) is 0. The van der Waals surface area contributed by atoms with Crippen LogP contribution in [-0.2, 0) is 5.41 Å². The van der Waals surface area contributed by atoms with Crippen LogP contribution < -0.4 is 0 Å². The molecule has 0 aromatic heterocycles. The number of benzene rings is 10. The van der Waals surface area contributed by atoms with Crippen molar-refractivity contribution in [3.63, 3.8) is 0 Å². The van der Waals surface area contributed by atoms with E-state index in [9.17, 15) is 0 Å². The molecule has 0 heterocycles. The average Bonchev–Trinajstić information content (AvgIpc) is 3.86. The minimum absolute atomic E-state index is 0.0533. The van der Waals surface area contributed by atoms with Crippen LogP contribution in [0.1, 0.15) is 37.8 Å². The summed E-state index contributed by atoms with van der Waals surface area (Å²) < 4.78 is 0. The first-order valence-corrected chi connectivity index (χ1v) is 20.6. The first kappa shape index (κ1) is 31.4. The number of fused-ring (bicyclic) bond motifs is 11. The third-order valence-electron chi connectivity index (χ3n) is 14.2. The van der Waals surface area contributed by atoms with Crippen LogP contribution in [0.5, 0.6) is 0 Å². The van der Waals surface area contributed by atoms with Gasteiger partial charge in [0, 0.05) is 5.41 Å². The van der Waals surface area contributed by atoms with E-state index in [1.54, 1.807) is 0 Å². The van der Waals surface area contributed by atoms with Gasteiger partial charge in [0.2, 0.25) is 0 Å². The van der Waals surface area contributed by atoms with Gasteiger partial charge in [0.05, 0.1) is 0 Å². The van der Waals surface area contributed by atoms with E-state index < -0.39 is 0 Å². The van der Waals surface area contributed by atoms with Gasteiger partial charge in [-0.25, -0.2) is 0 Å². The van der Waals surface area contributed by atoms with Gasteiger partial charge in [-0.2, -0.15) is 0 Å². The highest BCUT2D eigenvalue weighted by Gasteiger charge is 2.43. The minimum atomic E-state index is -0.0533. The third-order valence-corrected chi connectivity index (χ3v) is 14.2. The summed E-state index contributed by atoms with van der Waals surface area (Å²) in [6, 6.07) is 64.8. The monoisotopic (exact) mass is 722 g/mol. The van der Waals surface area contributed by atoms with Gasteiger partial charge in [0.15, 0.2) is 0 Å². The molecule has 0 nitrogen and oxygen atoms in total. The molecule has 266 valence electrons. The van der Waals surface area contributed by atoms with Gasteiger partial charge in [-0.1, -0.05) is 159 Å². The Labute approximate surface area is 332 Å². The molecular formula is C57H38. The lowest BCUT2D eigenvalue weighted by atomic mass is 9.72. The predicted octanol–water partition coefficient (Wildman–Crippen LogP) is 16.0. The van der Waals surface area contributed by atoms with E-state index in [2.05, 4.69) is 184 Å². The van der Waals surface area contributed by atoms with Gasteiger partial charge >= 0.3 is 0 Å². The Kier molecular flexibility index (Phi) is 6.17. The molecule has 0 atom stereocenters. The highest BCUT2D eigenvalue weighted by Crippen LogP contribution is 2.61. The molecule has 57 heavy (non-hydrogen) atoms. The molecule has 13 rings (SSSR count). The Morgan fingerprint density at radius 2 is 0.614 bits per heavy atom. The Hall–Kier alpha value is -6.76. The number of hydrogen-bond donors (Lipinski definition) is 0. The van der Waals surface area contributed by atoms with E-state index in [4.69, 9.17) is 0 Å². The van der Waals surface area contributed by atoms with Gasteiger partial charge < -0.3 is 0 Å². The van der Waals surface area contributed by atoms with E-state index in [0.29, 0.717) is 0 Å². The van der Waals surface area contributed by atoms with Crippen LogP contribution in [0, 0.1) is 0 Å². The van der Waals surface area contributed by atoms with Gasteiger partial charge in [-0.3, -0.25) is 0 Å². The van der Waals surface area contributed by atoms with E-state index in [0.717, 1.165) is 12.8 Å². The SMILES string of the molecule is CCC1(CC)c2cc3c(cc2-c2cc4c(cc21)-c1ccc(-c2cccc5ccccc25)c2cccc-4c12)-c1cccc2c(-c4cccc5ccccc45)ccc-3c12. The summed E-state index contributed by atoms with van der Waals surface area (Å²) in [7, 11) is 0. The zero-order chi connectivity index (χ0) is 37.6. The van der Waals surface area contributed by atoms with Crippen molar-refractivity contribution < 1.29 is 0 Å². The standard InChI is InChI=1S/C57H38/c1-3-57(4-2)53-31-49-45-27-25-39(37-19-9-15-33-13-5-7-17-35(33)37)41-21-11-23-43(55(41)45)47(49)29-51(53)52-30-48-44-24-12-22-42-40(26-28-46(56(42)44)50(48)32-54(52)57)38-20-10-16-34-14-6-8-18-36(34)38/h5-32H,3-4H2,1-2H3. The molecule has 0 saturated carbocycles. The minimum Gasteiger partial charge on any atom is -0.0642 e. The van der Waals surface area contributed by atoms with Gasteiger partial charge in [-0.05, 0) is 169 Å². The summed E-state index contributed by atoms with van der Waals surface area (Å²) in [5.41, 5.74) is 21.9. The van der Waals surface area contributed by atoms with Crippen LogP contribution in [-0.4, -0.2) is 0 Å². The second-order valence-corrected chi connectivity index (χ2v) is 16.5. The summed E-state index contributed by atoms with van der Waals surface area (Å²) in [6.07, 6.45) is 2.12. The molecule has 10 aromatic carbocycles. The molecular weight excluding hydrogens is 685 g/mol. The first-order chi connectivity index (χ1) is 28.2. The maximum Gasteiger partial charge on any atom is 0.0210 e. The fourth-order valence-corrected chi connectivity index (χ4v) is 11.6. The fraction of sp³-hybridized carbons (Fsp3) is 0.0877. The Morgan fingerprint density at radius 3 is 1.09 bits per heavy atom. The van der Waals surface area contributed by atoms with Gasteiger partial charge in [-0.15, -0.1) is 0 Å². The molecule has 10 aromatic rings. The molecule has 0 heteroatoms. The van der Waals surface area contributed by atoms with Gasteiger partial charge in [0.1, 0.15) is 0 Å². The van der Waals surface area contributed by atoms with Crippen molar-refractivity contribution in [3.05, 3.63) is 181 Å². The highest BCUT2D eigenvalue weighted by atomic mass is 14.5. The van der Waals surface area contributed by atoms with Crippen molar-refractivity contribution in [2.75, 3.05) is 0 Å². The maximum atomic E-state index is 2.60. The molecule has 0 bridgehead atoms. The van der Waals surface area contributed by atoms with E-state index >= 15 is 0 Å². The van der Waals surface area contributed by atoms with Crippen molar-refractivity contribution in [1.82, 2.24) is 0 Å². The van der Waals surface area contributed by atoms with Crippen LogP contribution in [0.2, 0.25) is 0 Å². The topological polar surface area (TPSA) is 0 Å². The summed E-state index contributed by atoms with van der Waals surface area (Å²) in [4.78, 5) is 0.